The maximum atomic E-state index is 12.2. The minimum atomic E-state index is -1.35. The van der Waals surface area contributed by atoms with Crippen LogP contribution in [0.15, 0.2) is 54.6 Å². The fraction of sp³-hybridized carbons (Fsp3) is 0.278. The molecule has 0 saturated heterocycles. The smallest absolute Gasteiger partial charge is 0.253 e. The summed E-state index contributed by atoms with van der Waals surface area (Å²) in [6.45, 7) is 3.66. The lowest BCUT2D eigenvalue weighted by Crippen LogP contribution is -2.43. The third-order valence-electron chi connectivity index (χ3n) is 3.17. The number of aliphatic hydroxyl groups excluding tert-OH is 1. The molecule has 0 bridgehead atoms. The van der Waals surface area contributed by atoms with Crippen LogP contribution in [0.4, 0.5) is 0 Å². The molecule has 2 unspecified atom stereocenters. The van der Waals surface area contributed by atoms with Gasteiger partial charge in [0.1, 0.15) is 5.75 Å². The fourth-order valence-corrected chi connectivity index (χ4v) is 2.35. The number of hydrogen-bond acceptors (Lipinski definition) is 3. The Morgan fingerprint density at radius 1 is 1.13 bits per heavy atom. The van der Waals surface area contributed by atoms with Gasteiger partial charge in [-0.25, -0.2) is 0 Å². The lowest BCUT2D eigenvalue weighted by Gasteiger charge is -2.25. The van der Waals surface area contributed by atoms with E-state index >= 15 is 0 Å². The maximum Gasteiger partial charge on any atom is 0.253 e. The predicted molar refractivity (Wildman–Crippen MR) is 90.5 cm³/mol. The Balaban J connectivity index is 2.29. The van der Waals surface area contributed by atoms with Crippen molar-refractivity contribution in [3.8, 4) is 5.75 Å². The zero-order valence-electron chi connectivity index (χ0n) is 13.1. The first-order chi connectivity index (χ1) is 11.0. The summed E-state index contributed by atoms with van der Waals surface area (Å²) in [7, 11) is 0. The molecule has 0 radical (unpaired) electrons. The minimum Gasteiger partial charge on any atom is -0.482 e. The van der Waals surface area contributed by atoms with Crippen molar-refractivity contribution in [2.45, 2.75) is 32.1 Å². The lowest BCUT2D eigenvalue weighted by atomic mass is 10.0. The van der Waals surface area contributed by atoms with E-state index in [9.17, 15) is 9.90 Å². The van der Waals surface area contributed by atoms with Crippen molar-refractivity contribution in [3.63, 3.8) is 0 Å². The number of aliphatic hydroxyl groups is 1. The van der Waals surface area contributed by atoms with Crippen LogP contribution in [0.3, 0.4) is 0 Å². The first kappa shape index (κ1) is 17.3. The normalized spacial score (nSPS) is 13.4. The number of amides is 1. The van der Waals surface area contributed by atoms with E-state index in [1.165, 1.54) is 0 Å². The van der Waals surface area contributed by atoms with Gasteiger partial charge in [-0.2, -0.15) is 0 Å². The van der Waals surface area contributed by atoms with Crippen molar-refractivity contribution < 1.29 is 14.6 Å². The van der Waals surface area contributed by atoms with Gasteiger partial charge in [-0.3, -0.25) is 4.79 Å². The van der Waals surface area contributed by atoms with Crippen LogP contribution in [0.25, 0.3) is 0 Å². The van der Waals surface area contributed by atoms with E-state index in [1.807, 2.05) is 32.0 Å². The molecular weight excluding hydrogens is 314 g/mol. The first-order valence-corrected chi connectivity index (χ1v) is 7.81. The van der Waals surface area contributed by atoms with E-state index in [0.717, 1.165) is 0 Å². The van der Waals surface area contributed by atoms with Crippen molar-refractivity contribution in [2.75, 3.05) is 0 Å². The summed E-state index contributed by atoms with van der Waals surface area (Å²) < 4.78 is 5.85. The monoisotopic (exact) mass is 333 g/mol. The summed E-state index contributed by atoms with van der Waals surface area (Å²) in [5, 5.41) is 13.7. The molecule has 4 nitrogen and oxygen atoms in total. The number of benzene rings is 2. The molecule has 2 rings (SSSR count). The van der Waals surface area contributed by atoms with E-state index in [-0.39, 0.29) is 6.04 Å². The molecule has 2 N–H and O–H groups in total. The van der Waals surface area contributed by atoms with Gasteiger partial charge in [-0.1, -0.05) is 41.9 Å². The fourth-order valence-electron chi connectivity index (χ4n) is 2.15. The number of halogens is 1. The molecule has 2 aromatic carbocycles. The van der Waals surface area contributed by atoms with E-state index in [2.05, 4.69) is 5.32 Å². The van der Waals surface area contributed by atoms with E-state index in [1.54, 1.807) is 36.4 Å². The Hall–Kier alpha value is -2.04. The number of para-hydroxylation sites is 1. The summed E-state index contributed by atoms with van der Waals surface area (Å²) in [5.74, 6) is 0.0785. The van der Waals surface area contributed by atoms with Crippen LogP contribution >= 0.6 is 11.6 Å². The third kappa shape index (κ3) is 4.98. The molecule has 1 amide bonds. The first-order valence-electron chi connectivity index (χ1n) is 7.43. The number of nitrogens with one attached hydrogen (secondary N) is 1. The van der Waals surface area contributed by atoms with Gasteiger partial charge in [-0.15, -0.1) is 0 Å². The summed E-state index contributed by atoms with van der Waals surface area (Å²) in [6.07, 6.45) is -2.20. The van der Waals surface area contributed by atoms with Crippen LogP contribution in [0.2, 0.25) is 5.02 Å². The second-order valence-electron chi connectivity index (χ2n) is 5.51. The second-order valence-corrected chi connectivity index (χ2v) is 5.95. The molecule has 0 aliphatic heterocycles. The van der Waals surface area contributed by atoms with Gasteiger partial charge in [0.25, 0.3) is 5.91 Å². The van der Waals surface area contributed by atoms with Gasteiger partial charge < -0.3 is 15.2 Å². The molecule has 23 heavy (non-hydrogen) atoms. The molecule has 0 aliphatic rings. The highest BCUT2D eigenvalue weighted by molar-refractivity contribution is 6.30. The molecule has 0 spiro atoms. The standard InChI is InChI=1S/C18H20ClNO3/c1-12(2)20-18(22)16(21)17(13-7-6-8-14(19)11-13)23-15-9-4-3-5-10-15/h3-12,16-17,21H,1-2H3,(H,20,22). The van der Waals surface area contributed by atoms with Gasteiger partial charge in [0.2, 0.25) is 0 Å². The molecule has 0 saturated carbocycles. The van der Waals surface area contributed by atoms with Crippen LogP contribution in [0.1, 0.15) is 25.5 Å². The second kappa shape index (κ2) is 7.99. The van der Waals surface area contributed by atoms with Crippen molar-refractivity contribution in [1.82, 2.24) is 5.32 Å². The molecule has 122 valence electrons. The van der Waals surface area contributed by atoms with Gasteiger partial charge in [0.15, 0.2) is 12.2 Å². The van der Waals surface area contributed by atoms with Crippen molar-refractivity contribution in [1.29, 1.82) is 0 Å². The zero-order valence-corrected chi connectivity index (χ0v) is 13.8. The van der Waals surface area contributed by atoms with Crippen molar-refractivity contribution in [3.05, 3.63) is 65.2 Å². The van der Waals surface area contributed by atoms with E-state index in [0.29, 0.717) is 16.3 Å². The number of carbonyl (C=O) groups is 1. The molecular formula is C18H20ClNO3. The van der Waals surface area contributed by atoms with Crippen molar-refractivity contribution in [2.24, 2.45) is 0 Å². The Morgan fingerprint density at radius 3 is 2.43 bits per heavy atom. The molecule has 2 aromatic rings. The predicted octanol–water partition coefficient (Wildman–Crippen LogP) is 3.35. The maximum absolute atomic E-state index is 12.2. The molecule has 5 heteroatoms. The largest absolute Gasteiger partial charge is 0.482 e. The average molecular weight is 334 g/mol. The number of ether oxygens (including phenoxy) is 1. The Morgan fingerprint density at radius 2 is 1.83 bits per heavy atom. The molecule has 2 atom stereocenters. The highest BCUT2D eigenvalue weighted by Crippen LogP contribution is 2.27. The Bertz CT molecular complexity index is 646. The third-order valence-corrected chi connectivity index (χ3v) is 3.40. The highest BCUT2D eigenvalue weighted by atomic mass is 35.5. The molecule has 0 aliphatic carbocycles. The van der Waals surface area contributed by atoms with Crippen molar-refractivity contribution >= 4 is 17.5 Å². The average Bonchev–Trinajstić information content (AvgIpc) is 2.52. The summed E-state index contributed by atoms with van der Waals surface area (Å²) >= 11 is 6.02. The molecule has 0 heterocycles. The number of carbonyl (C=O) groups excluding carboxylic acids is 1. The molecule has 0 fully saturated rings. The van der Waals surface area contributed by atoms with Crippen LogP contribution in [0, 0.1) is 0 Å². The quantitative estimate of drug-likeness (QED) is 0.852. The van der Waals surface area contributed by atoms with Crippen LogP contribution < -0.4 is 10.1 Å². The van der Waals surface area contributed by atoms with Crippen LogP contribution in [-0.4, -0.2) is 23.2 Å². The number of rotatable bonds is 6. The van der Waals surface area contributed by atoms with E-state index in [4.69, 9.17) is 16.3 Å². The summed E-state index contributed by atoms with van der Waals surface area (Å²) in [5.41, 5.74) is 0.632. The van der Waals surface area contributed by atoms with Gasteiger partial charge in [-0.05, 0) is 43.7 Å². The van der Waals surface area contributed by atoms with Crippen LogP contribution in [0.5, 0.6) is 5.75 Å². The SMILES string of the molecule is CC(C)NC(=O)C(O)C(Oc1ccccc1)c1cccc(Cl)c1. The number of hydrogen-bond donors (Lipinski definition) is 2. The van der Waals surface area contributed by atoms with Gasteiger partial charge in [0.05, 0.1) is 0 Å². The zero-order chi connectivity index (χ0) is 16.8. The van der Waals surface area contributed by atoms with Crippen LogP contribution in [-0.2, 0) is 4.79 Å². The highest BCUT2D eigenvalue weighted by Gasteiger charge is 2.30. The van der Waals surface area contributed by atoms with E-state index < -0.39 is 18.1 Å². The topological polar surface area (TPSA) is 58.6 Å². The Kier molecular flexibility index (Phi) is 6.02. The van der Waals surface area contributed by atoms with Gasteiger partial charge in [0, 0.05) is 11.1 Å². The minimum absolute atomic E-state index is 0.0751. The Labute approximate surface area is 141 Å². The van der Waals surface area contributed by atoms with Gasteiger partial charge >= 0.3 is 0 Å². The molecule has 0 aromatic heterocycles. The lowest BCUT2D eigenvalue weighted by molar-refractivity contribution is -0.134. The summed E-state index contributed by atoms with van der Waals surface area (Å²) in [6, 6.07) is 15.9. The summed E-state index contributed by atoms with van der Waals surface area (Å²) in [4.78, 5) is 12.2.